The second-order valence-electron chi connectivity index (χ2n) is 7.11. The van der Waals surface area contributed by atoms with Gasteiger partial charge in [0.1, 0.15) is 0 Å². The molecule has 0 aromatic rings. The predicted octanol–water partition coefficient (Wildman–Crippen LogP) is 3.67. The minimum absolute atomic E-state index is 0.765. The lowest BCUT2D eigenvalue weighted by Crippen LogP contribution is -2.54. The predicted molar refractivity (Wildman–Crippen MR) is 83.5 cm³/mol. The van der Waals surface area contributed by atoms with Crippen LogP contribution in [0, 0.1) is 11.8 Å². The fourth-order valence-corrected chi connectivity index (χ4v) is 4.15. The van der Waals surface area contributed by atoms with Gasteiger partial charge in [-0.15, -0.1) is 0 Å². The molecule has 2 fully saturated rings. The minimum atomic E-state index is 0.765. The van der Waals surface area contributed by atoms with Gasteiger partial charge in [0.25, 0.3) is 0 Å². The second kappa shape index (κ2) is 7.64. The first-order valence-electron chi connectivity index (χ1n) is 8.68. The van der Waals surface area contributed by atoms with E-state index >= 15 is 0 Å². The summed E-state index contributed by atoms with van der Waals surface area (Å²) in [5.41, 5.74) is 0. The highest BCUT2D eigenvalue weighted by molar-refractivity contribution is 4.90. The standard InChI is InChI=1S/C17H34N2/c1-4-16(13-18-12-14(2)3)19-11-7-9-15-8-5-6-10-17(15)19/h14-18H,4-13H2,1-3H3/t15-,16?,17-/m1/s1. The third kappa shape index (κ3) is 4.19. The molecule has 0 aromatic heterocycles. The van der Waals surface area contributed by atoms with Crippen molar-refractivity contribution >= 4 is 0 Å². The molecule has 1 saturated heterocycles. The van der Waals surface area contributed by atoms with Gasteiger partial charge in [-0.2, -0.15) is 0 Å². The molecule has 1 unspecified atom stereocenters. The number of rotatable bonds is 6. The van der Waals surface area contributed by atoms with E-state index in [0.29, 0.717) is 0 Å². The summed E-state index contributed by atoms with van der Waals surface area (Å²) in [6, 6.07) is 1.68. The van der Waals surface area contributed by atoms with Crippen LogP contribution in [0.5, 0.6) is 0 Å². The second-order valence-corrected chi connectivity index (χ2v) is 7.11. The number of hydrogen-bond acceptors (Lipinski definition) is 2. The summed E-state index contributed by atoms with van der Waals surface area (Å²) >= 11 is 0. The van der Waals surface area contributed by atoms with E-state index in [4.69, 9.17) is 0 Å². The fraction of sp³-hybridized carbons (Fsp3) is 1.00. The third-order valence-electron chi connectivity index (χ3n) is 5.16. The molecule has 2 nitrogen and oxygen atoms in total. The Morgan fingerprint density at radius 3 is 2.53 bits per heavy atom. The SMILES string of the molecule is CCC(CNCC(C)C)N1CCC[C@H]2CCCC[C@H]21. The van der Waals surface area contributed by atoms with Crippen molar-refractivity contribution in [1.82, 2.24) is 10.2 Å². The van der Waals surface area contributed by atoms with Gasteiger partial charge >= 0.3 is 0 Å². The van der Waals surface area contributed by atoms with E-state index < -0.39 is 0 Å². The van der Waals surface area contributed by atoms with Crippen LogP contribution >= 0.6 is 0 Å². The van der Waals surface area contributed by atoms with E-state index in [1.807, 2.05) is 0 Å². The number of piperidine rings is 1. The van der Waals surface area contributed by atoms with Gasteiger partial charge in [-0.25, -0.2) is 0 Å². The molecule has 2 aliphatic rings. The van der Waals surface area contributed by atoms with Gasteiger partial charge in [0.2, 0.25) is 0 Å². The summed E-state index contributed by atoms with van der Waals surface area (Å²) in [7, 11) is 0. The Kier molecular flexibility index (Phi) is 6.15. The molecular formula is C17H34N2. The zero-order chi connectivity index (χ0) is 13.7. The molecule has 1 heterocycles. The van der Waals surface area contributed by atoms with Gasteiger partial charge in [0.05, 0.1) is 0 Å². The Balaban J connectivity index is 1.88. The summed E-state index contributed by atoms with van der Waals surface area (Å²) in [4.78, 5) is 2.88. The highest BCUT2D eigenvalue weighted by Gasteiger charge is 2.35. The molecular weight excluding hydrogens is 232 g/mol. The van der Waals surface area contributed by atoms with Gasteiger partial charge in [-0.05, 0) is 57.0 Å². The van der Waals surface area contributed by atoms with E-state index in [-0.39, 0.29) is 0 Å². The number of fused-ring (bicyclic) bond motifs is 1. The van der Waals surface area contributed by atoms with E-state index in [2.05, 4.69) is 31.0 Å². The first-order valence-corrected chi connectivity index (χ1v) is 8.68. The molecule has 1 aliphatic carbocycles. The van der Waals surface area contributed by atoms with Crippen LogP contribution < -0.4 is 5.32 Å². The molecule has 112 valence electrons. The highest BCUT2D eigenvalue weighted by atomic mass is 15.2. The maximum absolute atomic E-state index is 3.69. The molecule has 2 rings (SSSR count). The lowest BCUT2D eigenvalue weighted by molar-refractivity contribution is 0.0242. The van der Waals surface area contributed by atoms with E-state index in [1.165, 1.54) is 64.6 Å². The Labute approximate surface area is 120 Å². The fourth-order valence-electron chi connectivity index (χ4n) is 4.15. The molecule has 2 heteroatoms. The van der Waals surface area contributed by atoms with Crippen molar-refractivity contribution < 1.29 is 0 Å². The molecule has 3 atom stereocenters. The zero-order valence-electron chi connectivity index (χ0n) is 13.3. The molecule has 0 bridgehead atoms. The van der Waals surface area contributed by atoms with Crippen molar-refractivity contribution in [2.75, 3.05) is 19.6 Å². The topological polar surface area (TPSA) is 15.3 Å². The number of likely N-dealkylation sites (tertiary alicyclic amines) is 1. The van der Waals surface area contributed by atoms with Crippen LogP contribution in [0.3, 0.4) is 0 Å². The first-order chi connectivity index (χ1) is 9.22. The Bertz CT molecular complexity index is 250. The summed E-state index contributed by atoms with van der Waals surface area (Å²) in [5, 5.41) is 3.69. The maximum Gasteiger partial charge on any atom is 0.0221 e. The van der Waals surface area contributed by atoms with Gasteiger partial charge < -0.3 is 5.32 Å². The molecule has 1 saturated carbocycles. The van der Waals surface area contributed by atoms with Crippen LogP contribution in [-0.2, 0) is 0 Å². The van der Waals surface area contributed by atoms with E-state index in [0.717, 1.165) is 23.9 Å². The van der Waals surface area contributed by atoms with Crippen LogP contribution in [-0.4, -0.2) is 36.6 Å². The molecule has 1 aliphatic heterocycles. The van der Waals surface area contributed by atoms with Crippen molar-refractivity contribution in [2.45, 2.75) is 77.8 Å². The van der Waals surface area contributed by atoms with Crippen LogP contribution in [0.4, 0.5) is 0 Å². The lowest BCUT2D eigenvalue weighted by atomic mass is 9.77. The van der Waals surface area contributed by atoms with Crippen molar-refractivity contribution in [3.63, 3.8) is 0 Å². The number of hydrogen-bond donors (Lipinski definition) is 1. The van der Waals surface area contributed by atoms with Crippen LogP contribution in [0.2, 0.25) is 0 Å². The number of nitrogens with one attached hydrogen (secondary N) is 1. The van der Waals surface area contributed by atoms with Crippen molar-refractivity contribution in [3.05, 3.63) is 0 Å². The molecule has 0 aromatic carbocycles. The quantitative estimate of drug-likeness (QED) is 0.789. The molecule has 0 amide bonds. The Morgan fingerprint density at radius 1 is 1.05 bits per heavy atom. The zero-order valence-corrected chi connectivity index (χ0v) is 13.3. The van der Waals surface area contributed by atoms with Crippen LogP contribution in [0.1, 0.15) is 65.7 Å². The molecule has 0 spiro atoms. The van der Waals surface area contributed by atoms with E-state index in [9.17, 15) is 0 Å². The van der Waals surface area contributed by atoms with E-state index in [1.54, 1.807) is 0 Å². The maximum atomic E-state index is 3.69. The molecule has 0 radical (unpaired) electrons. The Hall–Kier alpha value is -0.0800. The van der Waals surface area contributed by atoms with Gasteiger partial charge in [-0.1, -0.05) is 33.6 Å². The Morgan fingerprint density at radius 2 is 1.79 bits per heavy atom. The van der Waals surface area contributed by atoms with Crippen LogP contribution in [0.25, 0.3) is 0 Å². The summed E-state index contributed by atoms with van der Waals surface area (Å²) in [6.45, 7) is 10.7. The minimum Gasteiger partial charge on any atom is -0.315 e. The van der Waals surface area contributed by atoms with Crippen LogP contribution in [0.15, 0.2) is 0 Å². The number of nitrogens with zero attached hydrogens (tertiary/aromatic N) is 1. The first kappa shape index (κ1) is 15.3. The van der Waals surface area contributed by atoms with Crippen molar-refractivity contribution in [2.24, 2.45) is 11.8 Å². The van der Waals surface area contributed by atoms with Gasteiger partial charge in [0, 0.05) is 18.6 Å². The highest BCUT2D eigenvalue weighted by Crippen LogP contribution is 2.36. The average Bonchev–Trinajstić information content (AvgIpc) is 2.43. The largest absolute Gasteiger partial charge is 0.315 e. The summed E-state index contributed by atoms with van der Waals surface area (Å²) in [5.74, 6) is 1.78. The summed E-state index contributed by atoms with van der Waals surface area (Å²) in [6.07, 6.45) is 10.1. The molecule has 1 N–H and O–H groups in total. The van der Waals surface area contributed by atoms with Crippen molar-refractivity contribution in [3.8, 4) is 0 Å². The van der Waals surface area contributed by atoms with Crippen molar-refractivity contribution in [1.29, 1.82) is 0 Å². The normalized spacial score (nSPS) is 30.3. The third-order valence-corrected chi connectivity index (χ3v) is 5.16. The average molecular weight is 266 g/mol. The lowest BCUT2D eigenvalue weighted by Gasteiger charge is -2.47. The monoisotopic (exact) mass is 266 g/mol. The van der Waals surface area contributed by atoms with Gasteiger partial charge in [-0.3, -0.25) is 4.90 Å². The molecule has 19 heavy (non-hydrogen) atoms. The summed E-state index contributed by atoms with van der Waals surface area (Å²) < 4.78 is 0. The van der Waals surface area contributed by atoms with Gasteiger partial charge in [0.15, 0.2) is 0 Å². The smallest absolute Gasteiger partial charge is 0.0221 e.